The highest BCUT2D eigenvalue weighted by Crippen LogP contribution is 2.28. The molecule has 0 heterocycles. The lowest BCUT2D eigenvalue weighted by Gasteiger charge is -2.25. The average Bonchev–Trinajstić information content (AvgIpc) is 2.97. The van der Waals surface area contributed by atoms with Crippen molar-refractivity contribution < 1.29 is 27.5 Å². The Morgan fingerprint density at radius 2 is 1.59 bits per heavy atom. The van der Waals surface area contributed by atoms with Gasteiger partial charge < -0.3 is 20.1 Å². The van der Waals surface area contributed by atoms with Crippen molar-refractivity contribution in [2.24, 2.45) is 21.8 Å². The number of ether oxygens (including phenoxy) is 2. The first-order chi connectivity index (χ1) is 20.8. The summed E-state index contributed by atoms with van der Waals surface area (Å²) in [6.45, 7) is 11.8. The summed E-state index contributed by atoms with van der Waals surface area (Å²) in [7, 11) is -3.92. The van der Waals surface area contributed by atoms with Crippen LogP contribution < -0.4 is 15.6 Å². The number of hydrogen-bond donors (Lipinski definition) is 2. The maximum absolute atomic E-state index is 13.3. The first-order valence-electron chi connectivity index (χ1n) is 14.4. The molecule has 44 heavy (non-hydrogen) atoms. The lowest BCUT2D eigenvalue weighted by Crippen LogP contribution is -2.36. The van der Waals surface area contributed by atoms with Gasteiger partial charge in [-0.1, -0.05) is 76.2 Å². The fourth-order valence-electron chi connectivity index (χ4n) is 4.66. The molecule has 3 rings (SSSR count). The number of benzene rings is 3. The Bertz CT molecular complexity index is 1570. The fourth-order valence-corrected chi connectivity index (χ4v) is 5.42. The second kappa shape index (κ2) is 15.5. The van der Waals surface area contributed by atoms with Gasteiger partial charge in [-0.25, -0.2) is 23.1 Å². The van der Waals surface area contributed by atoms with Crippen molar-refractivity contribution in [2.75, 3.05) is 19.6 Å². The van der Waals surface area contributed by atoms with Crippen LogP contribution in [0.5, 0.6) is 5.75 Å². The smallest absolute Gasteiger partial charge is 0.429 e. The standard InChI is InChI=1S/C32H41N5O6S/c1-6-36(7-2)23(5)42-31(38)35-30(33)26-12-10-11-24(19-26)21-37(20-22(3)4)32(39)43-27-17-15-25(16-18-27)28-13-8-9-14-29(28)44(34,40)41/h8-19,22-23H,6-7,20-21H2,1-5H3,(H2,33,35,38)(H2,34,40,41). The zero-order chi connectivity index (χ0) is 32.4. The molecule has 3 aromatic rings. The van der Waals surface area contributed by atoms with E-state index in [-0.39, 0.29) is 23.2 Å². The van der Waals surface area contributed by atoms with E-state index in [9.17, 15) is 18.0 Å². The van der Waals surface area contributed by atoms with Gasteiger partial charge in [-0.15, -0.1) is 0 Å². The number of carbonyl (C=O) groups is 2. The van der Waals surface area contributed by atoms with E-state index in [1.54, 1.807) is 72.5 Å². The van der Waals surface area contributed by atoms with E-state index in [0.717, 1.165) is 18.7 Å². The first kappa shape index (κ1) is 34.2. The lowest BCUT2D eigenvalue weighted by atomic mass is 10.1. The number of sulfonamides is 1. The molecule has 0 saturated carbocycles. The van der Waals surface area contributed by atoms with Gasteiger partial charge in [-0.3, -0.25) is 4.90 Å². The molecule has 2 amide bonds. The summed E-state index contributed by atoms with van der Waals surface area (Å²) in [6, 6.07) is 20.0. The molecule has 12 heteroatoms. The summed E-state index contributed by atoms with van der Waals surface area (Å²) in [6.07, 6.45) is -1.78. The third kappa shape index (κ3) is 9.63. The van der Waals surface area contributed by atoms with E-state index in [4.69, 9.17) is 20.3 Å². The minimum Gasteiger partial charge on any atom is -0.429 e. The number of amidine groups is 1. The molecule has 0 aliphatic carbocycles. The second-order valence-electron chi connectivity index (χ2n) is 10.6. The molecule has 1 atom stereocenters. The normalized spacial score (nSPS) is 12.7. The molecule has 0 fully saturated rings. The zero-order valence-electron chi connectivity index (χ0n) is 25.8. The predicted octanol–water partition coefficient (Wildman–Crippen LogP) is 5.19. The van der Waals surface area contributed by atoms with Gasteiger partial charge in [-0.2, -0.15) is 4.99 Å². The molecule has 0 radical (unpaired) electrons. The van der Waals surface area contributed by atoms with Gasteiger partial charge in [0.05, 0.1) is 4.90 Å². The molecule has 3 aromatic carbocycles. The van der Waals surface area contributed by atoms with Crippen LogP contribution in [0.3, 0.4) is 0 Å². The molecule has 236 valence electrons. The average molecular weight is 624 g/mol. The summed E-state index contributed by atoms with van der Waals surface area (Å²) >= 11 is 0. The largest absolute Gasteiger partial charge is 0.437 e. The van der Waals surface area contributed by atoms with Crippen molar-refractivity contribution in [2.45, 2.75) is 52.3 Å². The van der Waals surface area contributed by atoms with Crippen LogP contribution in [-0.2, 0) is 21.3 Å². The van der Waals surface area contributed by atoms with E-state index < -0.39 is 28.4 Å². The molecule has 0 aliphatic heterocycles. The number of carbonyl (C=O) groups excluding carboxylic acids is 2. The van der Waals surface area contributed by atoms with Crippen LogP contribution >= 0.6 is 0 Å². The highest BCUT2D eigenvalue weighted by molar-refractivity contribution is 7.89. The number of amides is 2. The number of primary sulfonamides is 1. The van der Waals surface area contributed by atoms with Gasteiger partial charge in [-0.05, 0) is 61.3 Å². The van der Waals surface area contributed by atoms with Crippen LogP contribution in [0, 0.1) is 5.92 Å². The van der Waals surface area contributed by atoms with E-state index in [1.165, 1.54) is 6.07 Å². The zero-order valence-corrected chi connectivity index (χ0v) is 26.6. The van der Waals surface area contributed by atoms with Gasteiger partial charge in [0, 0.05) is 24.2 Å². The van der Waals surface area contributed by atoms with Gasteiger partial charge in [0.15, 0.2) is 6.23 Å². The minimum absolute atomic E-state index is 0.00526. The summed E-state index contributed by atoms with van der Waals surface area (Å²) in [5.41, 5.74) is 8.47. The number of rotatable bonds is 12. The molecule has 0 aromatic heterocycles. The van der Waals surface area contributed by atoms with Crippen LogP contribution in [-0.4, -0.2) is 62.1 Å². The molecule has 1 unspecified atom stereocenters. The van der Waals surface area contributed by atoms with E-state index in [0.29, 0.717) is 29.0 Å². The minimum atomic E-state index is -3.92. The quantitative estimate of drug-likeness (QED) is 0.159. The Hall–Kier alpha value is -4.26. The van der Waals surface area contributed by atoms with Gasteiger partial charge in [0.2, 0.25) is 10.0 Å². The Kier molecular flexibility index (Phi) is 12.0. The number of hydrogen-bond acceptors (Lipinski definition) is 7. The van der Waals surface area contributed by atoms with Crippen molar-refractivity contribution in [1.82, 2.24) is 9.80 Å². The van der Waals surface area contributed by atoms with Crippen molar-refractivity contribution in [3.05, 3.63) is 83.9 Å². The van der Waals surface area contributed by atoms with Gasteiger partial charge >= 0.3 is 12.2 Å². The first-order valence-corrected chi connectivity index (χ1v) is 15.9. The second-order valence-corrected chi connectivity index (χ2v) is 12.1. The van der Waals surface area contributed by atoms with E-state index in [2.05, 4.69) is 4.99 Å². The third-order valence-corrected chi connectivity index (χ3v) is 7.78. The molecular weight excluding hydrogens is 582 g/mol. The van der Waals surface area contributed by atoms with Crippen molar-refractivity contribution in [3.63, 3.8) is 0 Å². The highest BCUT2D eigenvalue weighted by atomic mass is 32.2. The highest BCUT2D eigenvalue weighted by Gasteiger charge is 2.20. The Balaban J connectivity index is 1.74. The summed E-state index contributed by atoms with van der Waals surface area (Å²) in [5, 5.41) is 5.37. The molecule has 0 bridgehead atoms. The van der Waals surface area contributed by atoms with Crippen molar-refractivity contribution in [3.8, 4) is 16.9 Å². The predicted molar refractivity (Wildman–Crippen MR) is 171 cm³/mol. The van der Waals surface area contributed by atoms with E-state index >= 15 is 0 Å². The number of nitrogens with two attached hydrogens (primary N) is 2. The molecule has 11 nitrogen and oxygen atoms in total. The number of aliphatic imine (C=N–C) groups is 1. The Morgan fingerprint density at radius 3 is 2.20 bits per heavy atom. The summed E-state index contributed by atoms with van der Waals surface area (Å²) < 4.78 is 35.1. The topological polar surface area (TPSA) is 158 Å². The van der Waals surface area contributed by atoms with E-state index in [1.807, 2.05) is 38.7 Å². The maximum atomic E-state index is 13.3. The molecular formula is C32H41N5O6S. The molecule has 0 aliphatic rings. The van der Waals surface area contributed by atoms with Crippen LogP contribution in [0.1, 0.15) is 45.7 Å². The van der Waals surface area contributed by atoms with Gasteiger partial charge in [0.1, 0.15) is 11.6 Å². The Labute approximate surface area is 259 Å². The fraction of sp³-hybridized carbons (Fsp3) is 0.344. The van der Waals surface area contributed by atoms with Crippen LogP contribution in [0.15, 0.2) is 82.7 Å². The molecule has 0 spiro atoms. The monoisotopic (exact) mass is 623 g/mol. The van der Waals surface area contributed by atoms with Gasteiger partial charge in [0.25, 0.3) is 0 Å². The maximum Gasteiger partial charge on any atom is 0.437 e. The SMILES string of the molecule is CCN(CC)C(C)OC(=O)N=C(N)c1cccc(CN(CC(C)C)C(=O)Oc2ccc(-c3ccccc3S(N)(=O)=O)cc2)c1. The Morgan fingerprint density at radius 1 is 0.932 bits per heavy atom. The molecule has 4 N–H and O–H groups in total. The lowest BCUT2D eigenvalue weighted by molar-refractivity contribution is 0.00940. The van der Waals surface area contributed by atoms with Crippen LogP contribution in [0.4, 0.5) is 9.59 Å². The summed E-state index contributed by atoms with van der Waals surface area (Å²) in [5.74, 6) is 0.450. The molecule has 0 saturated heterocycles. The van der Waals surface area contributed by atoms with Crippen molar-refractivity contribution in [1.29, 1.82) is 0 Å². The number of nitrogens with zero attached hydrogens (tertiary/aromatic N) is 3. The summed E-state index contributed by atoms with van der Waals surface area (Å²) in [4.78, 5) is 33.1. The third-order valence-electron chi connectivity index (χ3n) is 6.81. The van der Waals surface area contributed by atoms with Crippen LogP contribution in [0.2, 0.25) is 0 Å². The van der Waals surface area contributed by atoms with Crippen molar-refractivity contribution >= 4 is 28.0 Å². The van der Waals surface area contributed by atoms with Crippen LogP contribution in [0.25, 0.3) is 11.1 Å².